The highest BCUT2D eigenvalue weighted by Crippen LogP contribution is 2.47. The molecule has 0 amide bonds. The Balaban J connectivity index is 1.79. The van der Waals surface area contributed by atoms with Crippen LogP contribution in [0, 0.1) is 28.6 Å². The second-order valence-electron chi connectivity index (χ2n) is 12.9. The van der Waals surface area contributed by atoms with E-state index in [0.717, 1.165) is 17.6 Å². The number of para-hydroxylation sites is 2. The van der Waals surface area contributed by atoms with E-state index in [0.29, 0.717) is 17.6 Å². The number of nitrogens with zero attached hydrogens (tertiary/aromatic N) is 1. The maximum absolute atomic E-state index is 11.6. The zero-order valence-electron chi connectivity index (χ0n) is 24.3. The molecule has 2 aliphatic carbocycles. The molecule has 0 heterocycles. The SMILES string of the molecule is CC1C=C(I=CC2=C(O)C(C(C)(C)C)=CC(C(C)(C)C)C2C)C(N(c2ccccc2)c2ccccc2)=CC1. The molecule has 3 unspecified atom stereocenters. The molecule has 2 aromatic rings. The molecule has 0 aromatic heterocycles. The van der Waals surface area contributed by atoms with Gasteiger partial charge in [0, 0.05) is 20.5 Å². The molecule has 2 aliphatic rings. The highest BCUT2D eigenvalue weighted by atomic mass is 127. The van der Waals surface area contributed by atoms with Crippen LogP contribution in [0.5, 0.6) is 0 Å². The summed E-state index contributed by atoms with van der Waals surface area (Å²) in [4.78, 5) is 2.41. The smallest absolute Gasteiger partial charge is 0.122 e. The van der Waals surface area contributed by atoms with Crippen LogP contribution in [0.25, 0.3) is 0 Å². The summed E-state index contributed by atoms with van der Waals surface area (Å²) in [5.74, 6) is 1.66. The normalized spacial score (nSPS) is 22.9. The van der Waals surface area contributed by atoms with Crippen LogP contribution >= 0.6 is 20.7 Å². The van der Waals surface area contributed by atoms with Gasteiger partial charge in [0.05, 0.1) is 5.70 Å². The van der Waals surface area contributed by atoms with Gasteiger partial charge in [0.25, 0.3) is 0 Å². The van der Waals surface area contributed by atoms with E-state index in [1.165, 1.54) is 20.7 Å². The van der Waals surface area contributed by atoms with Crippen molar-refractivity contribution in [3.8, 4) is 0 Å². The lowest BCUT2D eigenvalue weighted by Gasteiger charge is -2.40. The van der Waals surface area contributed by atoms with Crippen LogP contribution in [-0.4, -0.2) is 9.12 Å². The average molecular weight is 622 g/mol. The summed E-state index contributed by atoms with van der Waals surface area (Å²) in [6, 6.07) is 21.4. The van der Waals surface area contributed by atoms with Gasteiger partial charge >= 0.3 is 0 Å². The van der Waals surface area contributed by atoms with Crippen molar-refractivity contribution in [1.82, 2.24) is 0 Å². The number of allylic oxidation sites excluding steroid dienone is 6. The Labute approximate surface area is 240 Å². The summed E-state index contributed by atoms with van der Waals surface area (Å²) < 4.78 is 3.84. The Morgan fingerprint density at radius 2 is 1.39 bits per heavy atom. The molecular formula is C35H44INO. The average Bonchev–Trinajstić information content (AvgIpc) is 2.85. The van der Waals surface area contributed by atoms with E-state index < -0.39 is 20.7 Å². The highest BCUT2D eigenvalue weighted by molar-refractivity contribution is 14.2. The maximum atomic E-state index is 11.6. The zero-order valence-corrected chi connectivity index (χ0v) is 26.5. The van der Waals surface area contributed by atoms with Gasteiger partial charge in [-0.05, 0) is 68.9 Å². The van der Waals surface area contributed by atoms with E-state index in [-0.39, 0.29) is 16.7 Å². The quantitative estimate of drug-likeness (QED) is 0.336. The number of aliphatic hydroxyl groups is 1. The predicted octanol–water partition coefficient (Wildman–Crippen LogP) is 10.5. The monoisotopic (exact) mass is 621 g/mol. The third-order valence-electron chi connectivity index (χ3n) is 7.63. The van der Waals surface area contributed by atoms with Gasteiger partial charge in [-0.15, -0.1) is 0 Å². The summed E-state index contributed by atoms with van der Waals surface area (Å²) in [5, 5.41) is 11.6. The Hall–Kier alpha value is -2.40. The molecule has 3 atom stereocenters. The Morgan fingerprint density at radius 3 is 1.89 bits per heavy atom. The largest absolute Gasteiger partial charge is 0.507 e. The summed E-state index contributed by atoms with van der Waals surface area (Å²) in [6.45, 7) is 18.2. The van der Waals surface area contributed by atoms with Crippen LogP contribution in [-0.2, 0) is 0 Å². The van der Waals surface area contributed by atoms with Gasteiger partial charge in [0.2, 0.25) is 0 Å². The topological polar surface area (TPSA) is 23.5 Å². The van der Waals surface area contributed by atoms with E-state index in [9.17, 15) is 5.11 Å². The Bertz CT molecular complexity index is 1240. The molecule has 0 bridgehead atoms. The summed E-state index contributed by atoms with van der Waals surface area (Å²) >= 11 is -0.492. The van der Waals surface area contributed by atoms with E-state index in [4.69, 9.17) is 0 Å². The van der Waals surface area contributed by atoms with Crippen molar-refractivity contribution in [3.05, 3.63) is 105 Å². The van der Waals surface area contributed by atoms with Gasteiger partial charge in [-0.1, -0.05) is 131 Å². The lowest BCUT2D eigenvalue weighted by atomic mass is 9.65. The second kappa shape index (κ2) is 11.4. The standard InChI is InChI=1S/C35H44INO/c1-24-19-20-32(37(26-15-11-9-12-16-26)27-17-13-10-14-18-27)31(21-24)36-23-28-25(2)29(34(3,4)5)22-30(33(28)38)35(6,7)8/h9-18,20-25,29,38H,19H2,1-8H3. The molecule has 0 radical (unpaired) electrons. The van der Waals surface area contributed by atoms with Crippen LogP contribution in [0.15, 0.2) is 105 Å². The molecule has 0 fully saturated rings. The third-order valence-corrected chi connectivity index (χ3v) is 10.2. The lowest BCUT2D eigenvalue weighted by molar-refractivity contribution is 0.224. The van der Waals surface area contributed by atoms with E-state index in [2.05, 4.69) is 143 Å². The fourth-order valence-corrected chi connectivity index (χ4v) is 8.65. The van der Waals surface area contributed by atoms with Crippen molar-refractivity contribution >= 4 is 36.1 Å². The third kappa shape index (κ3) is 6.25. The molecular weight excluding hydrogens is 577 g/mol. The first kappa shape index (κ1) is 28.6. The van der Waals surface area contributed by atoms with Gasteiger partial charge in [-0.25, -0.2) is 0 Å². The molecule has 4 rings (SSSR count). The number of benzene rings is 2. The molecule has 3 heteroatoms. The number of aliphatic hydroxyl groups excluding tert-OH is 1. The van der Waals surface area contributed by atoms with E-state index >= 15 is 0 Å². The van der Waals surface area contributed by atoms with Crippen LogP contribution in [0.4, 0.5) is 11.4 Å². The summed E-state index contributed by atoms with van der Waals surface area (Å²) in [5.41, 5.74) is 5.87. The van der Waals surface area contributed by atoms with Crippen molar-refractivity contribution < 1.29 is 5.11 Å². The van der Waals surface area contributed by atoms with Crippen molar-refractivity contribution in [1.29, 1.82) is 0 Å². The minimum atomic E-state index is -0.492. The number of halogens is 1. The predicted molar refractivity (Wildman–Crippen MR) is 174 cm³/mol. The molecule has 0 aliphatic heterocycles. The van der Waals surface area contributed by atoms with Crippen LogP contribution in [0.3, 0.4) is 0 Å². The van der Waals surface area contributed by atoms with Gasteiger partial charge < -0.3 is 10.0 Å². The van der Waals surface area contributed by atoms with E-state index in [1.807, 2.05) is 0 Å². The number of rotatable bonds is 5. The first-order valence-electron chi connectivity index (χ1n) is 13.8. The molecule has 0 spiro atoms. The number of hydrogen-bond donors (Lipinski definition) is 1. The number of anilines is 2. The first-order valence-corrected chi connectivity index (χ1v) is 16.2. The Morgan fingerprint density at radius 1 is 0.842 bits per heavy atom. The van der Waals surface area contributed by atoms with Gasteiger partial charge in [-0.2, -0.15) is 0 Å². The van der Waals surface area contributed by atoms with Crippen molar-refractivity contribution in [2.45, 2.75) is 61.8 Å². The van der Waals surface area contributed by atoms with Gasteiger partial charge in [0.15, 0.2) is 0 Å². The van der Waals surface area contributed by atoms with Crippen molar-refractivity contribution in [2.75, 3.05) is 4.90 Å². The Kier molecular flexibility index (Phi) is 8.56. The van der Waals surface area contributed by atoms with Crippen molar-refractivity contribution in [2.24, 2.45) is 28.6 Å². The van der Waals surface area contributed by atoms with Gasteiger partial charge in [-0.3, -0.25) is 0 Å². The fourth-order valence-electron chi connectivity index (χ4n) is 5.51. The first-order chi connectivity index (χ1) is 17.9. The molecule has 2 aromatic carbocycles. The van der Waals surface area contributed by atoms with Crippen LogP contribution in [0.2, 0.25) is 0 Å². The summed E-state index contributed by atoms with van der Waals surface area (Å²) in [6.07, 6.45) is 8.29. The highest BCUT2D eigenvalue weighted by Gasteiger charge is 2.38. The van der Waals surface area contributed by atoms with Crippen molar-refractivity contribution in [3.63, 3.8) is 0 Å². The van der Waals surface area contributed by atoms with Crippen LogP contribution in [0.1, 0.15) is 61.8 Å². The van der Waals surface area contributed by atoms with Crippen LogP contribution < -0.4 is 4.90 Å². The maximum Gasteiger partial charge on any atom is 0.122 e. The lowest BCUT2D eigenvalue weighted by Crippen LogP contribution is -2.32. The minimum Gasteiger partial charge on any atom is -0.507 e. The zero-order chi connectivity index (χ0) is 27.7. The fraction of sp³-hybridized carbons (Fsp3) is 0.400. The molecule has 0 saturated carbocycles. The molecule has 0 saturated heterocycles. The number of hydrogen-bond acceptors (Lipinski definition) is 2. The molecule has 1 N–H and O–H groups in total. The van der Waals surface area contributed by atoms with E-state index in [1.54, 1.807) is 0 Å². The molecule has 38 heavy (non-hydrogen) atoms. The molecule has 2 nitrogen and oxygen atoms in total. The molecule has 202 valence electrons. The minimum absolute atomic E-state index is 0.105. The second-order valence-corrected chi connectivity index (χ2v) is 15.3. The van der Waals surface area contributed by atoms with Gasteiger partial charge in [0.1, 0.15) is 5.76 Å². The summed E-state index contributed by atoms with van der Waals surface area (Å²) in [7, 11) is 0.